The zero-order chi connectivity index (χ0) is 26.6. The third-order valence-corrected chi connectivity index (χ3v) is 6.90. The van der Waals surface area contributed by atoms with Crippen LogP contribution in [0, 0.1) is 19.3 Å². The molecule has 3 aromatic rings. The maximum atomic E-state index is 12.8. The Bertz CT molecular complexity index is 1490. The Morgan fingerprint density at radius 2 is 1.74 bits per heavy atom. The van der Waals surface area contributed by atoms with Gasteiger partial charge in [0, 0.05) is 5.56 Å². The van der Waals surface area contributed by atoms with Gasteiger partial charge in [0.15, 0.2) is 17.3 Å². The van der Waals surface area contributed by atoms with Crippen LogP contribution in [0.25, 0.3) is 6.08 Å². The van der Waals surface area contributed by atoms with E-state index in [0.717, 1.165) is 16.9 Å². The molecule has 0 saturated heterocycles. The van der Waals surface area contributed by atoms with E-state index >= 15 is 0 Å². The molecule has 1 N–H and O–H groups in total. The Morgan fingerprint density at radius 3 is 2.50 bits per heavy atom. The molecule has 8 nitrogen and oxygen atoms in total. The Hall–Kier alpha value is -4.37. The number of hydrogen-bond acceptors (Lipinski definition) is 7. The van der Waals surface area contributed by atoms with Crippen molar-refractivity contribution in [1.29, 1.82) is 5.41 Å². The molecule has 2 aliphatic rings. The fourth-order valence-electron chi connectivity index (χ4n) is 3.92. The van der Waals surface area contributed by atoms with E-state index in [0.29, 0.717) is 40.5 Å². The van der Waals surface area contributed by atoms with Gasteiger partial charge in [-0.25, -0.2) is 0 Å². The standard InChI is InChI=1S/C29H26N4O4S/c1-18-8-11-21(12-9-18)36-14-15-37-24-13-10-20(17-25(24)35-3)16-23-26(30)33-29(31-27(23)34)38-28(32-33)22-7-5-4-6-19(22)2/h4-13,16-17,30H,14-15H2,1-3H3/b23-16-,30-26?. The fraction of sp³-hybridized carbons (Fsp3) is 0.172. The largest absolute Gasteiger partial charge is 0.493 e. The van der Waals surface area contributed by atoms with Crippen molar-refractivity contribution in [3.8, 4) is 17.2 Å². The predicted molar refractivity (Wildman–Crippen MR) is 150 cm³/mol. The highest BCUT2D eigenvalue weighted by molar-refractivity contribution is 8.27. The molecular formula is C29H26N4O4S. The quantitative estimate of drug-likeness (QED) is 0.310. The van der Waals surface area contributed by atoms with Crippen molar-refractivity contribution in [2.24, 2.45) is 10.1 Å². The van der Waals surface area contributed by atoms with Gasteiger partial charge < -0.3 is 14.2 Å². The summed E-state index contributed by atoms with van der Waals surface area (Å²) in [6, 6.07) is 21.0. The third kappa shape index (κ3) is 5.33. The molecule has 0 bridgehead atoms. The SMILES string of the molecule is COc1cc(/C=C2/C(=N)N3N=C(c4ccccc4C)SC3=NC2=O)ccc1OCCOc1ccc(C)cc1. The summed E-state index contributed by atoms with van der Waals surface area (Å²) >= 11 is 1.28. The number of carbonyl (C=O) groups is 1. The highest BCUT2D eigenvalue weighted by Gasteiger charge is 2.36. The summed E-state index contributed by atoms with van der Waals surface area (Å²) in [5, 5.41) is 15.7. The van der Waals surface area contributed by atoms with Crippen LogP contribution in [-0.4, -0.2) is 47.3 Å². The first-order valence-corrected chi connectivity index (χ1v) is 12.8. The number of rotatable bonds is 8. The normalized spacial score (nSPS) is 15.8. The number of hydrogen-bond donors (Lipinski definition) is 1. The van der Waals surface area contributed by atoms with Crippen molar-refractivity contribution in [2.75, 3.05) is 20.3 Å². The van der Waals surface area contributed by atoms with Crippen LogP contribution >= 0.6 is 11.8 Å². The number of amidine groups is 2. The minimum absolute atomic E-state index is 0.0244. The van der Waals surface area contributed by atoms with Crippen LogP contribution in [0.3, 0.4) is 0 Å². The van der Waals surface area contributed by atoms with Gasteiger partial charge in [-0.1, -0.05) is 48.0 Å². The first kappa shape index (κ1) is 25.3. The summed E-state index contributed by atoms with van der Waals surface area (Å²) in [4.78, 5) is 17.0. The number of aryl methyl sites for hydroxylation is 2. The van der Waals surface area contributed by atoms with Crippen LogP contribution in [0.2, 0.25) is 0 Å². The summed E-state index contributed by atoms with van der Waals surface area (Å²) in [6.07, 6.45) is 1.61. The third-order valence-electron chi connectivity index (χ3n) is 5.96. The molecule has 0 aromatic heterocycles. The highest BCUT2D eigenvalue weighted by Crippen LogP contribution is 2.33. The number of benzene rings is 3. The second-order valence-electron chi connectivity index (χ2n) is 8.66. The van der Waals surface area contributed by atoms with Crippen LogP contribution in [-0.2, 0) is 4.79 Å². The first-order chi connectivity index (χ1) is 18.4. The van der Waals surface area contributed by atoms with Crippen LogP contribution in [0.5, 0.6) is 17.2 Å². The van der Waals surface area contributed by atoms with Crippen molar-refractivity contribution in [3.63, 3.8) is 0 Å². The smallest absolute Gasteiger partial charge is 0.283 e. The molecule has 0 unspecified atom stereocenters. The van der Waals surface area contributed by atoms with Gasteiger partial charge in [0.25, 0.3) is 5.91 Å². The van der Waals surface area contributed by atoms with Crippen molar-refractivity contribution in [1.82, 2.24) is 5.01 Å². The van der Waals surface area contributed by atoms with Crippen LogP contribution in [0.15, 0.2) is 82.4 Å². The minimum Gasteiger partial charge on any atom is -0.493 e. The number of hydrazone groups is 1. The van der Waals surface area contributed by atoms with Gasteiger partial charge in [-0.2, -0.15) is 15.1 Å². The van der Waals surface area contributed by atoms with Gasteiger partial charge in [-0.15, -0.1) is 0 Å². The highest BCUT2D eigenvalue weighted by atomic mass is 32.2. The number of ether oxygens (including phenoxy) is 3. The maximum Gasteiger partial charge on any atom is 0.283 e. The van der Waals surface area contributed by atoms with E-state index < -0.39 is 5.91 Å². The fourth-order valence-corrected chi connectivity index (χ4v) is 4.90. The number of fused-ring (bicyclic) bond motifs is 1. The molecule has 2 aliphatic heterocycles. The Labute approximate surface area is 225 Å². The molecule has 9 heteroatoms. The molecule has 0 saturated carbocycles. The van der Waals surface area contributed by atoms with Crippen LogP contribution in [0.1, 0.15) is 22.3 Å². The lowest BCUT2D eigenvalue weighted by Gasteiger charge is -2.20. The number of thioether (sulfide) groups is 1. The minimum atomic E-state index is -0.484. The van der Waals surface area contributed by atoms with Gasteiger partial charge in [-0.3, -0.25) is 10.2 Å². The van der Waals surface area contributed by atoms with E-state index in [1.807, 2.05) is 62.4 Å². The lowest BCUT2D eigenvalue weighted by molar-refractivity contribution is -0.114. The van der Waals surface area contributed by atoms with Gasteiger partial charge in [0.2, 0.25) is 5.17 Å². The Morgan fingerprint density at radius 1 is 0.974 bits per heavy atom. The van der Waals surface area contributed by atoms with E-state index in [4.69, 9.17) is 19.6 Å². The Kier molecular flexibility index (Phi) is 7.28. The van der Waals surface area contributed by atoms with Crippen molar-refractivity contribution in [2.45, 2.75) is 13.8 Å². The van der Waals surface area contributed by atoms with Crippen molar-refractivity contribution in [3.05, 3.63) is 94.6 Å². The van der Waals surface area contributed by atoms with Gasteiger partial charge in [0.05, 0.1) is 12.7 Å². The average Bonchev–Trinajstić information content (AvgIpc) is 3.34. The summed E-state index contributed by atoms with van der Waals surface area (Å²) in [6.45, 7) is 4.73. The zero-order valence-corrected chi connectivity index (χ0v) is 22.0. The van der Waals surface area contributed by atoms with E-state index in [1.165, 1.54) is 22.3 Å². The zero-order valence-electron chi connectivity index (χ0n) is 21.2. The lowest BCUT2D eigenvalue weighted by Crippen LogP contribution is -2.35. The van der Waals surface area contributed by atoms with E-state index in [-0.39, 0.29) is 11.4 Å². The topological polar surface area (TPSA) is 96.6 Å². The average molecular weight is 527 g/mol. The van der Waals surface area contributed by atoms with Crippen molar-refractivity contribution >= 4 is 39.8 Å². The maximum absolute atomic E-state index is 12.8. The summed E-state index contributed by atoms with van der Waals surface area (Å²) in [5.41, 5.74) is 4.00. The van der Waals surface area contributed by atoms with Gasteiger partial charge >= 0.3 is 0 Å². The van der Waals surface area contributed by atoms with Crippen LogP contribution in [0.4, 0.5) is 0 Å². The number of methoxy groups -OCH3 is 1. The predicted octanol–water partition coefficient (Wildman–Crippen LogP) is 5.44. The molecule has 0 radical (unpaired) electrons. The van der Waals surface area contributed by atoms with E-state index in [1.54, 1.807) is 31.4 Å². The molecule has 192 valence electrons. The number of aliphatic imine (C=N–C) groups is 1. The van der Waals surface area contributed by atoms with Gasteiger partial charge in [-0.05, 0) is 67.1 Å². The summed E-state index contributed by atoms with van der Waals surface area (Å²) in [7, 11) is 1.55. The number of amides is 1. The molecule has 0 spiro atoms. The Balaban J connectivity index is 1.29. The summed E-state index contributed by atoms with van der Waals surface area (Å²) in [5.74, 6) is 1.33. The molecule has 0 aliphatic carbocycles. The second kappa shape index (κ2) is 10.9. The van der Waals surface area contributed by atoms with Gasteiger partial charge in [0.1, 0.15) is 24.0 Å². The molecule has 0 fully saturated rings. The summed E-state index contributed by atoms with van der Waals surface area (Å²) < 4.78 is 17.1. The number of carbonyl (C=O) groups excluding carboxylic acids is 1. The first-order valence-electron chi connectivity index (χ1n) is 12.0. The molecule has 38 heavy (non-hydrogen) atoms. The molecule has 1 amide bonds. The van der Waals surface area contributed by atoms with E-state index in [2.05, 4.69) is 10.1 Å². The molecular weight excluding hydrogens is 500 g/mol. The number of nitrogens with zero attached hydrogens (tertiary/aromatic N) is 3. The van der Waals surface area contributed by atoms with Crippen molar-refractivity contribution < 1.29 is 19.0 Å². The second-order valence-corrected chi connectivity index (χ2v) is 9.62. The molecule has 5 rings (SSSR count). The molecule has 3 aromatic carbocycles. The molecule has 0 atom stereocenters. The monoisotopic (exact) mass is 526 g/mol. The van der Waals surface area contributed by atoms with E-state index in [9.17, 15) is 4.79 Å². The molecule has 2 heterocycles. The van der Waals surface area contributed by atoms with Crippen LogP contribution < -0.4 is 14.2 Å². The lowest BCUT2D eigenvalue weighted by atomic mass is 10.1. The number of nitrogens with one attached hydrogen (secondary N) is 1.